The van der Waals surface area contributed by atoms with Crippen LogP contribution in [0.5, 0.6) is 0 Å². The molecule has 1 aromatic rings. The number of amides is 1. The number of hydrogen-bond acceptors (Lipinski definition) is 6. The molecule has 146 valence electrons. The first kappa shape index (κ1) is 20.6. The molecule has 0 aliphatic carbocycles. The number of rotatable bonds is 8. The number of benzene rings is 1. The van der Waals surface area contributed by atoms with Crippen LogP contribution in [0, 0.1) is 0 Å². The third kappa shape index (κ3) is 5.39. The van der Waals surface area contributed by atoms with Crippen molar-refractivity contribution in [3.05, 3.63) is 30.3 Å². The van der Waals surface area contributed by atoms with E-state index in [2.05, 4.69) is 4.90 Å². The molecular formula is C16H27N5O4S. The Morgan fingerprint density at radius 2 is 1.73 bits per heavy atom. The van der Waals surface area contributed by atoms with Crippen molar-refractivity contribution in [3.63, 3.8) is 0 Å². The van der Waals surface area contributed by atoms with E-state index in [0.717, 1.165) is 9.99 Å². The number of likely N-dealkylation sites (N-methyl/N-ethyl adjacent to an activating group) is 1. The fraction of sp³-hybridized carbons (Fsp3) is 0.562. The molecule has 0 aromatic heterocycles. The number of anilines is 1. The lowest BCUT2D eigenvalue weighted by Crippen LogP contribution is -2.55. The summed E-state index contributed by atoms with van der Waals surface area (Å²) in [5.41, 5.74) is 2.56. The van der Waals surface area contributed by atoms with Crippen LogP contribution < -0.4 is 10.4 Å². The lowest BCUT2D eigenvalue weighted by molar-refractivity contribution is -0.129. The maximum absolute atomic E-state index is 12.9. The predicted octanol–water partition coefficient (Wildman–Crippen LogP) is -0.578. The quantitative estimate of drug-likeness (QED) is 0.459. The van der Waals surface area contributed by atoms with Crippen LogP contribution in [0.1, 0.15) is 0 Å². The van der Waals surface area contributed by atoms with Crippen molar-refractivity contribution >= 4 is 21.8 Å². The molecule has 10 heteroatoms. The van der Waals surface area contributed by atoms with Crippen LogP contribution >= 0.6 is 0 Å². The Kier molecular flexibility index (Phi) is 7.35. The summed E-state index contributed by atoms with van der Waals surface area (Å²) < 4.78 is 28.4. The van der Waals surface area contributed by atoms with Crippen molar-refractivity contribution < 1.29 is 18.4 Å². The number of hydrogen-bond donors (Lipinski definition) is 2. The smallest absolute Gasteiger partial charge is 0.282 e. The van der Waals surface area contributed by atoms with E-state index in [1.54, 1.807) is 0 Å². The number of hydroxylamine groups is 1. The Labute approximate surface area is 154 Å². The Morgan fingerprint density at radius 1 is 1.12 bits per heavy atom. The van der Waals surface area contributed by atoms with Gasteiger partial charge in [0.1, 0.15) is 0 Å². The van der Waals surface area contributed by atoms with Crippen molar-refractivity contribution in [1.29, 1.82) is 0 Å². The van der Waals surface area contributed by atoms with Crippen molar-refractivity contribution in [3.8, 4) is 0 Å². The zero-order valence-electron chi connectivity index (χ0n) is 15.2. The maximum atomic E-state index is 12.9. The first-order valence-electron chi connectivity index (χ1n) is 8.47. The molecule has 0 saturated carbocycles. The van der Waals surface area contributed by atoms with Gasteiger partial charge >= 0.3 is 0 Å². The van der Waals surface area contributed by atoms with Crippen molar-refractivity contribution in [1.82, 2.24) is 19.0 Å². The number of carbonyl (C=O) groups is 1. The van der Waals surface area contributed by atoms with Crippen molar-refractivity contribution in [2.24, 2.45) is 0 Å². The normalized spacial score (nSPS) is 16.3. The van der Waals surface area contributed by atoms with Crippen molar-refractivity contribution in [2.45, 2.75) is 0 Å². The maximum Gasteiger partial charge on any atom is 0.282 e. The van der Waals surface area contributed by atoms with E-state index in [0.29, 0.717) is 32.7 Å². The molecule has 0 atom stereocenters. The molecule has 26 heavy (non-hydrogen) atoms. The highest BCUT2D eigenvalue weighted by Gasteiger charge is 2.33. The van der Waals surface area contributed by atoms with E-state index in [1.807, 2.05) is 49.3 Å². The van der Waals surface area contributed by atoms with Gasteiger partial charge in [0.25, 0.3) is 16.1 Å². The topological polar surface area (TPSA) is 96.4 Å². The SMILES string of the molecule is CN(C)CCN(CC(=O)NO)S(=O)(=O)N1CCN(c2ccccc2)CC1. The van der Waals surface area contributed by atoms with Crippen LogP contribution in [0.25, 0.3) is 0 Å². The predicted molar refractivity (Wildman–Crippen MR) is 99.2 cm³/mol. The fourth-order valence-electron chi connectivity index (χ4n) is 2.76. The minimum absolute atomic E-state index is 0.168. The highest BCUT2D eigenvalue weighted by molar-refractivity contribution is 7.86. The average Bonchev–Trinajstić information content (AvgIpc) is 2.65. The minimum Gasteiger partial charge on any atom is -0.369 e. The Morgan fingerprint density at radius 3 is 2.27 bits per heavy atom. The van der Waals surface area contributed by atoms with Crippen LogP contribution in [0.4, 0.5) is 5.69 Å². The number of nitrogens with one attached hydrogen (secondary N) is 1. The fourth-order valence-corrected chi connectivity index (χ4v) is 4.31. The summed E-state index contributed by atoms with van der Waals surface area (Å²) >= 11 is 0. The van der Waals surface area contributed by atoms with Gasteiger partial charge in [-0.2, -0.15) is 17.0 Å². The van der Waals surface area contributed by atoms with E-state index in [9.17, 15) is 13.2 Å². The molecule has 1 heterocycles. The second-order valence-electron chi connectivity index (χ2n) is 6.40. The largest absolute Gasteiger partial charge is 0.369 e. The molecular weight excluding hydrogens is 358 g/mol. The zero-order valence-corrected chi connectivity index (χ0v) is 16.0. The zero-order chi connectivity index (χ0) is 19.2. The van der Waals surface area contributed by atoms with E-state index in [4.69, 9.17) is 5.21 Å². The first-order chi connectivity index (χ1) is 12.3. The van der Waals surface area contributed by atoms with E-state index in [-0.39, 0.29) is 6.54 Å². The van der Waals surface area contributed by atoms with Gasteiger partial charge in [-0.3, -0.25) is 10.0 Å². The molecule has 2 N–H and O–H groups in total. The van der Waals surface area contributed by atoms with Crippen LogP contribution in [-0.4, -0.2) is 93.0 Å². The van der Waals surface area contributed by atoms with Crippen LogP contribution in [0.15, 0.2) is 30.3 Å². The minimum atomic E-state index is -3.79. The van der Waals surface area contributed by atoms with E-state index >= 15 is 0 Å². The third-order valence-corrected chi connectivity index (χ3v) is 6.24. The molecule has 1 amide bonds. The number of carbonyl (C=O) groups excluding carboxylic acids is 1. The van der Waals surface area contributed by atoms with Gasteiger partial charge < -0.3 is 9.80 Å². The Bertz CT molecular complexity index is 675. The molecule has 0 bridgehead atoms. The highest BCUT2D eigenvalue weighted by Crippen LogP contribution is 2.18. The number of para-hydroxylation sites is 1. The summed E-state index contributed by atoms with van der Waals surface area (Å²) in [5.74, 6) is -0.754. The van der Waals surface area contributed by atoms with Gasteiger partial charge in [-0.1, -0.05) is 18.2 Å². The summed E-state index contributed by atoms with van der Waals surface area (Å²) in [5, 5.41) is 8.75. The van der Waals surface area contributed by atoms with Crippen LogP contribution in [0.2, 0.25) is 0 Å². The van der Waals surface area contributed by atoms with Gasteiger partial charge in [0, 0.05) is 45.0 Å². The summed E-state index contributed by atoms with van der Waals surface area (Å²) in [6.07, 6.45) is 0. The van der Waals surface area contributed by atoms with Gasteiger partial charge in [0.15, 0.2) is 0 Å². The molecule has 0 unspecified atom stereocenters. The van der Waals surface area contributed by atoms with Gasteiger partial charge in [0.05, 0.1) is 6.54 Å². The summed E-state index contributed by atoms with van der Waals surface area (Å²) in [7, 11) is -0.131. The molecule has 0 spiro atoms. The third-order valence-electron chi connectivity index (χ3n) is 4.25. The second kappa shape index (κ2) is 9.28. The number of piperazine rings is 1. The van der Waals surface area contributed by atoms with Crippen molar-refractivity contribution in [2.75, 3.05) is 64.8 Å². The lowest BCUT2D eigenvalue weighted by Gasteiger charge is -2.37. The van der Waals surface area contributed by atoms with Gasteiger partial charge in [-0.15, -0.1) is 0 Å². The molecule has 1 saturated heterocycles. The Hall–Kier alpha value is -1.72. The van der Waals surface area contributed by atoms with E-state index < -0.39 is 22.7 Å². The molecule has 1 aromatic carbocycles. The molecule has 1 aliphatic rings. The number of nitrogens with zero attached hydrogens (tertiary/aromatic N) is 4. The van der Waals surface area contributed by atoms with Crippen LogP contribution in [0.3, 0.4) is 0 Å². The molecule has 1 fully saturated rings. The summed E-state index contributed by atoms with van der Waals surface area (Å²) in [6, 6.07) is 9.85. The lowest BCUT2D eigenvalue weighted by atomic mass is 10.2. The second-order valence-corrected chi connectivity index (χ2v) is 8.33. The molecule has 2 rings (SSSR count). The standard InChI is InChI=1S/C16H27N5O4S/c1-18(2)8-11-21(14-16(22)17-23)26(24,25)20-12-9-19(10-13-20)15-6-4-3-5-7-15/h3-7,23H,8-14H2,1-2H3,(H,17,22). The average molecular weight is 385 g/mol. The first-order valence-corrected chi connectivity index (χ1v) is 9.87. The van der Waals surface area contributed by atoms with E-state index in [1.165, 1.54) is 9.79 Å². The summed E-state index contributed by atoms with van der Waals surface area (Å²) in [6.45, 7) is 2.08. The molecule has 9 nitrogen and oxygen atoms in total. The monoisotopic (exact) mass is 385 g/mol. The Balaban J connectivity index is 2.05. The molecule has 0 radical (unpaired) electrons. The van der Waals surface area contributed by atoms with Crippen LogP contribution in [-0.2, 0) is 15.0 Å². The summed E-state index contributed by atoms with van der Waals surface area (Å²) in [4.78, 5) is 15.5. The highest BCUT2D eigenvalue weighted by atomic mass is 32.2. The van der Waals surface area contributed by atoms with Gasteiger partial charge in [-0.25, -0.2) is 5.48 Å². The van der Waals surface area contributed by atoms with Gasteiger partial charge in [-0.05, 0) is 26.2 Å². The molecule has 1 aliphatic heterocycles. The van der Waals surface area contributed by atoms with Gasteiger partial charge in [0.2, 0.25) is 0 Å².